The number of hydrogen-bond acceptors (Lipinski definition) is 4. The minimum Gasteiger partial charge on any atom is -0.478 e. The highest BCUT2D eigenvalue weighted by Crippen LogP contribution is 2.61. The number of carbonyl (C=O) groups is 1. The number of rotatable bonds is 6. The maximum Gasteiger partial charge on any atom is 0.339 e. The van der Waals surface area contributed by atoms with Gasteiger partial charge in [0.25, 0.3) is 0 Å². The zero-order valence-corrected chi connectivity index (χ0v) is 19.6. The molecule has 1 heterocycles. The number of hydrogen-bond donors (Lipinski definition) is 2. The van der Waals surface area contributed by atoms with Crippen LogP contribution in [0.2, 0.25) is 5.02 Å². The van der Waals surface area contributed by atoms with Gasteiger partial charge in [-0.05, 0) is 116 Å². The van der Waals surface area contributed by atoms with Crippen molar-refractivity contribution in [1.29, 1.82) is 0 Å². The average molecular weight is 475 g/mol. The first kappa shape index (κ1) is 21.5. The predicted molar refractivity (Wildman–Crippen MR) is 132 cm³/mol. The molecule has 4 bridgehead atoms. The van der Waals surface area contributed by atoms with Gasteiger partial charge in [-0.15, -0.1) is 0 Å². The molecule has 0 saturated heterocycles. The highest BCUT2D eigenvalue weighted by atomic mass is 35.5. The van der Waals surface area contributed by atoms with E-state index in [1.54, 1.807) is 12.3 Å². The van der Waals surface area contributed by atoms with Gasteiger partial charge in [0.15, 0.2) is 0 Å². The number of benzene rings is 2. The summed E-state index contributed by atoms with van der Waals surface area (Å²) in [4.78, 5) is 15.5. The molecular weight excluding hydrogens is 448 g/mol. The van der Waals surface area contributed by atoms with Crippen molar-refractivity contribution < 1.29 is 14.6 Å². The van der Waals surface area contributed by atoms with E-state index in [0.29, 0.717) is 27.8 Å². The number of aromatic carboxylic acids is 1. The minimum absolute atomic E-state index is 0.119. The smallest absolute Gasteiger partial charge is 0.339 e. The van der Waals surface area contributed by atoms with Gasteiger partial charge in [0.2, 0.25) is 0 Å². The first-order valence-electron chi connectivity index (χ1n) is 12.0. The predicted octanol–water partition coefficient (Wildman–Crippen LogP) is 7.44. The van der Waals surface area contributed by atoms with Gasteiger partial charge in [-0.3, -0.25) is 0 Å². The third kappa shape index (κ3) is 3.92. The van der Waals surface area contributed by atoms with Crippen molar-refractivity contribution in [2.24, 2.45) is 17.8 Å². The molecule has 0 aliphatic heterocycles. The summed E-state index contributed by atoms with van der Waals surface area (Å²) in [5.41, 5.74) is 2.53. The van der Waals surface area contributed by atoms with Gasteiger partial charge < -0.3 is 15.2 Å². The minimum atomic E-state index is -1.03. The summed E-state index contributed by atoms with van der Waals surface area (Å²) in [6.07, 6.45) is 9.77. The van der Waals surface area contributed by atoms with Gasteiger partial charge in [-0.2, -0.15) is 0 Å². The summed E-state index contributed by atoms with van der Waals surface area (Å²) < 4.78 is 6.08. The molecule has 4 fully saturated rings. The summed E-state index contributed by atoms with van der Waals surface area (Å²) in [5, 5.41) is 13.0. The maximum absolute atomic E-state index is 11.4. The fourth-order valence-electron chi connectivity index (χ4n) is 6.93. The van der Waals surface area contributed by atoms with Crippen molar-refractivity contribution in [2.45, 2.75) is 43.9 Å². The zero-order valence-electron chi connectivity index (χ0n) is 18.8. The van der Waals surface area contributed by atoms with Crippen LogP contribution in [0.1, 0.15) is 54.4 Å². The van der Waals surface area contributed by atoms with Crippen molar-refractivity contribution in [1.82, 2.24) is 4.98 Å². The zero-order chi connectivity index (χ0) is 23.3. The average Bonchev–Trinajstić information content (AvgIpc) is 2.81. The van der Waals surface area contributed by atoms with E-state index in [0.717, 1.165) is 23.4 Å². The van der Waals surface area contributed by atoms with Gasteiger partial charge in [0.1, 0.15) is 22.9 Å². The number of pyridine rings is 1. The third-order valence-corrected chi connectivity index (χ3v) is 8.26. The Labute approximate surface area is 204 Å². The third-order valence-electron chi connectivity index (χ3n) is 7.97. The lowest BCUT2D eigenvalue weighted by molar-refractivity contribution is -0.00519. The van der Waals surface area contributed by atoms with E-state index in [1.807, 2.05) is 30.3 Å². The lowest BCUT2D eigenvalue weighted by atomic mass is 9.48. The molecule has 1 aromatic heterocycles. The van der Waals surface area contributed by atoms with Crippen molar-refractivity contribution in [3.8, 4) is 11.5 Å². The van der Waals surface area contributed by atoms with Crippen LogP contribution < -0.4 is 10.1 Å². The molecule has 2 aromatic carbocycles. The van der Waals surface area contributed by atoms with E-state index >= 15 is 0 Å². The van der Waals surface area contributed by atoms with Crippen molar-refractivity contribution in [2.75, 3.05) is 5.32 Å². The number of carboxylic acid groups (broad SMARTS) is 1. The van der Waals surface area contributed by atoms with Crippen LogP contribution in [0.4, 0.5) is 11.5 Å². The van der Waals surface area contributed by atoms with Gasteiger partial charge in [-0.1, -0.05) is 17.7 Å². The second-order valence-electron chi connectivity index (χ2n) is 10.3. The Morgan fingerprint density at radius 3 is 2.29 bits per heavy atom. The van der Waals surface area contributed by atoms with Crippen LogP contribution >= 0.6 is 11.6 Å². The van der Waals surface area contributed by atoms with Crippen molar-refractivity contribution >= 4 is 29.1 Å². The van der Waals surface area contributed by atoms with Crippen LogP contribution in [-0.2, 0) is 5.41 Å². The molecule has 0 amide bonds. The number of halogens is 1. The fraction of sp³-hybridized carbons (Fsp3) is 0.357. The molecule has 2 N–H and O–H groups in total. The molecule has 0 unspecified atom stereocenters. The van der Waals surface area contributed by atoms with E-state index in [2.05, 4.69) is 22.4 Å². The van der Waals surface area contributed by atoms with E-state index in [9.17, 15) is 9.90 Å². The molecule has 3 aromatic rings. The van der Waals surface area contributed by atoms with Crippen LogP contribution in [0, 0.1) is 17.8 Å². The Bertz CT molecular complexity index is 1210. The molecule has 7 rings (SSSR count). The number of aromatic nitrogens is 1. The highest BCUT2D eigenvalue weighted by Gasteiger charge is 2.51. The van der Waals surface area contributed by atoms with E-state index in [-0.39, 0.29) is 5.56 Å². The summed E-state index contributed by atoms with van der Waals surface area (Å²) in [7, 11) is 0. The SMILES string of the molecule is O=C(O)c1cccnc1Nc1ccc(Oc2ccc(C34CC5CC(CC(C5)C3)C4)cc2Cl)cc1. The molecule has 4 aliphatic rings. The quantitative estimate of drug-likeness (QED) is 0.388. The Morgan fingerprint density at radius 2 is 1.68 bits per heavy atom. The number of carboxylic acids is 1. The van der Waals surface area contributed by atoms with E-state index < -0.39 is 5.97 Å². The van der Waals surface area contributed by atoms with E-state index in [4.69, 9.17) is 16.3 Å². The van der Waals surface area contributed by atoms with Gasteiger partial charge in [0.05, 0.1) is 5.02 Å². The first-order chi connectivity index (χ1) is 16.5. The van der Waals surface area contributed by atoms with Crippen LogP contribution in [0.15, 0.2) is 60.8 Å². The molecule has 34 heavy (non-hydrogen) atoms. The largest absolute Gasteiger partial charge is 0.478 e. The topological polar surface area (TPSA) is 71.5 Å². The van der Waals surface area contributed by atoms with Gasteiger partial charge in [0, 0.05) is 11.9 Å². The van der Waals surface area contributed by atoms with Gasteiger partial charge in [-0.25, -0.2) is 9.78 Å². The molecule has 0 spiro atoms. The standard InChI is InChI=1S/C28H27ClN2O3/c29-24-13-20(28-14-17-10-18(15-28)12-19(11-17)16-28)3-8-25(24)34-22-6-4-21(5-7-22)31-26-23(27(32)33)2-1-9-30-26/h1-9,13,17-19H,10-12,14-16H2,(H,30,31)(H,32,33). The van der Waals surface area contributed by atoms with Crippen LogP contribution in [0.25, 0.3) is 0 Å². The summed E-state index contributed by atoms with van der Waals surface area (Å²) in [6.45, 7) is 0. The van der Waals surface area contributed by atoms with Crippen LogP contribution in [0.3, 0.4) is 0 Å². The summed E-state index contributed by atoms with van der Waals surface area (Å²) >= 11 is 6.70. The Hall–Kier alpha value is -3.05. The van der Waals surface area contributed by atoms with Crippen molar-refractivity contribution in [3.05, 3.63) is 76.9 Å². The maximum atomic E-state index is 11.4. The van der Waals surface area contributed by atoms with Crippen LogP contribution in [0.5, 0.6) is 11.5 Å². The Balaban J connectivity index is 1.17. The van der Waals surface area contributed by atoms with Gasteiger partial charge >= 0.3 is 5.97 Å². The highest BCUT2D eigenvalue weighted by molar-refractivity contribution is 6.32. The van der Waals surface area contributed by atoms with Crippen LogP contribution in [-0.4, -0.2) is 16.1 Å². The van der Waals surface area contributed by atoms with Crippen molar-refractivity contribution in [3.63, 3.8) is 0 Å². The summed E-state index contributed by atoms with van der Waals surface area (Å²) in [5.74, 6) is 3.26. The number of nitrogens with zero attached hydrogens (tertiary/aromatic N) is 1. The first-order valence-corrected chi connectivity index (χ1v) is 12.4. The Kier molecular flexibility index (Phi) is 5.25. The number of anilines is 2. The normalized spacial score (nSPS) is 26.9. The molecule has 6 heteroatoms. The molecule has 4 aliphatic carbocycles. The number of nitrogens with one attached hydrogen (secondary N) is 1. The molecule has 0 radical (unpaired) electrons. The lowest BCUT2D eigenvalue weighted by Gasteiger charge is -2.57. The van der Waals surface area contributed by atoms with E-state index in [1.165, 1.54) is 50.2 Å². The second-order valence-corrected chi connectivity index (χ2v) is 10.7. The summed E-state index contributed by atoms with van der Waals surface area (Å²) in [6, 6.07) is 16.8. The monoisotopic (exact) mass is 474 g/mol. The second kappa shape index (κ2) is 8.31. The molecular formula is C28H27ClN2O3. The molecule has 5 nitrogen and oxygen atoms in total. The number of ether oxygens (including phenoxy) is 1. The molecule has 0 atom stereocenters. The molecule has 4 saturated carbocycles. The lowest BCUT2D eigenvalue weighted by Crippen LogP contribution is -2.48. The molecule has 174 valence electrons. The Morgan fingerprint density at radius 1 is 1.00 bits per heavy atom. The fourth-order valence-corrected chi connectivity index (χ4v) is 7.14.